The Morgan fingerprint density at radius 3 is 2.86 bits per heavy atom. The maximum Gasteiger partial charge on any atom is 0.315 e. The summed E-state index contributed by atoms with van der Waals surface area (Å²) < 4.78 is 11.1. The maximum absolute atomic E-state index is 12.5. The van der Waals surface area contributed by atoms with Crippen LogP contribution >= 0.6 is 23.1 Å². The van der Waals surface area contributed by atoms with Gasteiger partial charge in [-0.3, -0.25) is 9.59 Å². The first-order valence-corrected chi connectivity index (χ1v) is 14.7. The van der Waals surface area contributed by atoms with Gasteiger partial charge in [0.15, 0.2) is 0 Å². The highest BCUT2D eigenvalue weighted by Gasteiger charge is 2.42. The molecule has 0 saturated carbocycles. The van der Waals surface area contributed by atoms with E-state index in [-0.39, 0.29) is 30.0 Å². The average molecular weight is 534 g/mol. The molecule has 36 heavy (non-hydrogen) atoms. The van der Waals surface area contributed by atoms with E-state index < -0.39 is 0 Å². The van der Waals surface area contributed by atoms with Gasteiger partial charge in [0.2, 0.25) is 0 Å². The molecule has 0 aromatic carbocycles. The third kappa shape index (κ3) is 7.29. The molecule has 3 N–H and O–H groups in total. The minimum Gasteiger partial charge on any atom is -0.466 e. The predicted octanol–water partition coefficient (Wildman–Crippen LogP) is 4.88. The van der Waals surface area contributed by atoms with Gasteiger partial charge in [-0.25, -0.2) is 4.79 Å². The molecule has 2 saturated heterocycles. The highest BCUT2D eigenvalue weighted by molar-refractivity contribution is 8.00. The number of esters is 1. The lowest BCUT2D eigenvalue weighted by Crippen LogP contribution is -2.36. The van der Waals surface area contributed by atoms with Crippen LogP contribution in [-0.2, 0) is 9.53 Å². The van der Waals surface area contributed by atoms with Gasteiger partial charge in [-0.05, 0) is 56.5 Å². The van der Waals surface area contributed by atoms with Crippen molar-refractivity contribution in [2.24, 2.45) is 0 Å². The molecule has 0 aliphatic carbocycles. The zero-order valence-corrected chi connectivity index (χ0v) is 22.3. The highest BCUT2D eigenvalue weighted by atomic mass is 32.2. The van der Waals surface area contributed by atoms with Gasteiger partial charge in [0.25, 0.3) is 5.91 Å². The van der Waals surface area contributed by atoms with Gasteiger partial charge < -0.3 is 25.1 Å². The number of ether oxygens (including phenoxy) is 1. The number of amides is 3. The maximum atomic E-state index is 12.5. The third-order valence-corrected chi connectivity index (χ3v) is 9.00. The molecule has 4 rings (SSSR count). The molecule has 10 heteroatoms. The van der Waals surface area contributed by atoms with Crippen LogP contribution in [0, 0.1) is 6.92 Å². The highest BCUT2D eigenvalue weighted by Crippen LogP contribution is 2.33. The Bertz CT molecular complexity index is 1020. The van der Waals surface area contributed by atoms with E-state index in [1.165, 1.54) is 0 Å². The van der Waals surface area contributed by atoms with Crippen molar-refractivity contribution in [3.05, 3.63) is 34.9 Å². The number of thioether (sulfide) groups is 1. The predicted molar refractivity (Wildman–Crippen MR) is 142 cm³/mol. The summed E-state index contributed by atoms with van der Waals surface area (Å²) in [5.41, 5.74) is 0.582. The lowest BCUT2D eigenvalue weighted by Gasteiger charge is -2.16. The number of carbonyl (C=O) groups excluding carboxylic acids is 3. The summed E-state index contributed by atoms with van der Waals surface area (Å²) in [5.74, 6) is 2.08. The first kappa shape index (κ1) is 26.6. The van der Waals surface area contributed by atoms with Crippen LogP contribution in [0.25, 0.3) is 10.6 Å². The summed E-state index contributed by atoms with van der Waals surface area (Å²) in [6.07, 6.45) is 6.87. The van der Waals surface area contributed by atoms with Crippen LogP contribution in [0.2, 0.25) is 0 Å². The number of rotatable bonds is 14. The Labute approximate surface area is 220 Å². The van der Waals surface area contributed by atoms with Gasteiger partial charge in [-0.2, -0.15) is 11.8 Å². The number of carbonyl (C=O) groups is 3. The summed E-state index contributed by atoms with van der Waals surface area (Å²) in [6.45, 7) is 2.87. The van der Waals surface area contributed by atoms with Crippen molar-refractivity contribution < 1.29 is 23.5 Å². The van der Waals surface area contributed by atoms with E-state index in [4.69, 9.17) is 9.15 Å². The van der Waals surface area contributed by atoms with Gasteiger partial charge in [0.1, 0.15) is 11.5 Å². The molecule has 0 bridgehead atoms. The van der Waals surface area contributed by atoms with E-state index in [1.54, 1.807) is 17.4 Å². The molecule has 8 nitrogen and oxygen atoms in total. The summed E-state index contributed by atoms with van der Waals surface area (Å²) in [7, 11) is 0. The monoisotopic (exact) mass is 533 g/mol. The normalized spacial score (nSPS) is 20.6. The van der Waals surface area contributed by atoms with E-state index in [0.29, 0.717) is 36.1 Å². The molecular weight excluding hydrogens is 498 g/mol. The number of unbranched alkanes of at least 4 members (excludes halogenated alkanes) is 4. The van der Waals surface area contributed by atoms with Crippen LogP contribution in [-0.4, -0.2) is 54.1 Å². The zero-order chi connectivity index (χ0) is 25.3. The Balaban J connectivity index is 0.983. The number of fused-ring (bicyclic) bond motifs is 1. The van der Waals surface area contributed by atoms with E-state index >= 15 is 0 Å². The molecule has 4 heterocycles. The summed E-state index contributed by atoms with van der Waals surface area (Å²) in [5, 5.41) is 11.3. The first-order chi connectivity index (χ1) is 17.5. The van der Waals surface area contributed by atoms with Crippen LogP contribution in [0.15, 0.2) is 28.0 Å². The fourth-order valence-corrected chi connectivity index (χ4v) is 6.86. The Kier molecular flexibility index (Phi) is 9.75. The first-order valence-electron chi connectivity index (χ1n) is 12.8. The van der Waals surface area contributed by atoms with Gasteiger partial charge >= 0.3 is 12.0 Å². The molecule has 2 aliphatic rings. The number of nitrogens with one attached hydrogen (secondary N) is 3. The summed E-state index contributed by atoms with van der Waals surface area (Å²) >= 11 is 3.48. The molecule has 0 spiro atoms. The van der Waals surface area contributed by atoms with Crippen LogP contribution in [0.5, 0.6) is 0 Å². The van der Waals surface area contributed by atoms with Crippen LogP contribution < -0.4 is 16.0 Å². The van der Waals surface area contributed by atoms with Crippen molar-refractivity contribution in [1.29, 1.82) is 0 Å². The Hall–Kier alpha value is -2.46. The third-order valence-electron chi connectivity index (χ3n) is 6.60. The standard InChI is InChI=1S/C26H35N3O5S2/c1-17-18(15-20(34-17)21-10-8-14-35-21)25(31)27-12-6-2-3-7-13-33-23(30)11-5-4-9-22-24-19(16-36-22)28-26(32)29-24/h8,10,14-15,19,22,24H,2-7,9,11-13,16H2,1H3,(H,27,31)(H2,28,29,32)/t19-,22-,24-/m0/s1. The molecule has 2 aliphatic heterocycles. The van der Waals surface area contributed by atoms with Crippen LogP contribution in [0.1, 0.15) is 67.5 Å². The molecular formula is C26H35N3O5S2. The van der Waals surface area contributed by atoms with E-state index in [1.807, 2.05) is 36.2 Å². The van der Waals surface area contributed by atoms with Gasteiger partial charge in [0, 0.05) is 24.0 Å². The largest absolute Gasteiger partial charge is 0.466 e. The second-order valence-corrected chi connectivity index (χ2v) is 11.5. The minimum absolute atomic E-state index is 0.0588. The Morgan fingerprint density at radius 2 is 2.03 bits per heavy atom. The molecule has 0 radical (unpaired) electrons. The number of aryl methyl sites for hydroxylation is 1. The fourth-order valence-electron chi connectivity index (χ4n) is 4.64. The molecule has 2 fully saturated rings. The summed E-state index contributed by atoms with van der Waals surface area (Å²) in [6, 6.07) is 6.15. The van der Waals surface area contributed by atoms with Crippen molar-refractivity contribution in [3.8, 4) is 10.6 Å². The van der Waals surface area contributed by atoms with Crippen molar-refractivity contribution in [3.63, 3.8) is 0 Å². The number of furan rings is 1. The number of urea groups is 1. The van der Waals surface area contributed by atoms with E-state index in [0.717, 1.165) is 61.3 Å². The summed E-state index contributed by atoms with van der Waals surface area (Å²) in [4.78, 5) is 36.9. The van der Waals surface area contributed by atoms with Crippen LogP contribution in [0.3, 0.4) is 0 Å². The average Bonchev–Trinajstić information content (AvgIpc) is 3.64. The molecule has 2 aromatic heterocycles. The van der Waals surface area contributed by atoms with Crippen LogP contribution in [0.4, 0.5) is 4.79 Å². The number of thiophene rings is 1. The van der Waals surface area contributed by atoms with E-state index in [9.17, 15) is 14.4 Å². The van der Waals surface area contributed by atoms with Crippen molar-refractivity contribution in [1.82, 2.24) is 16.0 Å². The fraction of sp³-hybridized carbons (Fsp3) is 0.577. The SMILES string of the molecule is Cc1oc(-c2cccs2)cc1C(=O)NCCCCCCOC(=O)CCCC[C@@H]1SC[C@@H]2NC(=O)N[C@@H]21. The molecule has 0 unspecified atom stereocenters. The molecule has 3 amide bonds. The second-order valence-electron chi connectivity index (χ2n) is 9.32. The topological polar surface area (TPSA) is 110 Å². The van der Waals surface area contributed by atoms with E-state index in [2.05, 4.69) is 16.0 Å². The van der Waals surface area contributed by atoms with Gasteiger partial charge in [0.05, 0.1) is 29.1 Å². The zero-order valence-electron chi connectivity index (χ0n) is 20.7. The van der Waals surface area contributed by atoms with Crippen molar-refractivity contribution in [2.45, 2.75) is 75.6 Å². The number of hydrogen-bond donors (Lipinski definition) is 3. The smallest absolute Gasteiger partial charge is 0.315 e. The lowest BCUT2D eigenvalue weighted by atomic mass is 10.0. The number of hydrogen-bond acceptors (Lipinski definition) is 7. The van der Waals surface area contributed by atoms with Gasteiger partial charge in [-0.1, -0.05) is 18.9 Å². The lowest BCUT2D eigenvalue weighted by molar-refractivity contribution is -0.143. The van der Waals surface area contributed by atoms with Crippen molar-refractivity contribution in [2.75, 3.05) is 18.9 Å². The quantitative estimate of drug-likeness (QED) is 0.181. The molecule has 2 aromatic rings. The van der Waals surface area contributed by atoms with Gasteiger partial charge in [-0.15, -0.1) is 11.3 Å². The Morgan fingerprint density at radius 1 is 1.17 bits per heavy atom. The molecule has 3 atom stereocenters. The second kappa shape index (κ2) is 13.2. The minimum atomic E-state index is -0.132. The van der Waals surface area contributed by atoms with Crippen molar-refractivity contribution >= 4 is 41.0 Å². The molecule has 196 valence electrons.